The van der Waals surface area contributed by atoms with Gasteiger partial charge in [-0.3, -0.25) is 4.98 Å². The molecule has 0 bridgehead atoms. The lowest BCUT2D eigenvalue weighted by Crippen LogP contribution is -2.08. The number of hydrogen-bond acceptors (Lipinski definition) is 3. The van der Waals surface area contributed by atoms with Crippen molar-refractivity contribution >= 4 is 5.69 Å². The van der Waals surface area contributed by atoms with Crippen molar-refractivity contribution in [1.29, 1.82) is 0 Å². The number of rotatable bonds is 3. The van der Waals surface area contributed by atoms with Crippen molar-refractivity contribution in [2.24, 2.45) is 0 Å². The third-order valence-corrected chi connectivity index (χ3v) is 3.34. The van der Waals surface area contributed by atoms with E-state index < -0.39 is 0 Å². The Balaban J connectivity index is 2.02. The average Bonchev–Trinajstić information content (AvgIpc) is 2.56. The summed E-state index contributed by atoms with van der Waals surface area (Å²) in [6.45, 7) is 0. The van der Waals surface area contributed by atoms with E-state index in [1.165, 1.54) is 0 Å². The van der Waals surface area contributed by atoms with Crippen LogP contribution in [0.5, 0.6) is 0 Å². The van der Waals surface area contributed by atoms with Gasteiger partial charge in [-0.05, 0) is 24.3 Å². The monoisotopic (exact) mass is 275 g/mol. The topological polar surface area (TPSA) is 29.0 Å². The van der Waals surface area contributed by atoms with Crippen LogP contribution in [0, 0.1) is 0 Å². The van der Waals surface area contributed by atoms with Crippen molar-refractivity contribution in [3.05, 3.63) is 66.9 Å². The van der Waals surface area contributed by atoms with E-state index in [1.54, 1.807) is 0 Å². The van der Waals surface area contributed by atoms with Gasteiger partial charge in [-0.15, -0.1) is 0 Å². The number of hydrogen-bond donors (Lipinski definition) is 0. The van der Waals surface area contributed by atoms with Crippen molar-refractivity contribution < 1.29 is 0 Å². The summed E-state index contributed by atoms with van der Waals surface area (Å²) in [6, 6.07) is 20.3. The van der Waals surface area contributed by atoms with Gasteiger partial charge in [0.2, 0.25) is 0 Å². The molecule has 2 aromatic heterocycles. The molecule has 1 aromatic carbocycles. The predicted octanol–water partition coefficient (Wildman–Crippen LogP) is 3.88. The van der Waals surface area contributed by atoms with E-state index in [4.69, 9.17) is 4.98 Å². The second-order valence-corrected chi connectivity index (χ2v) is 5.07. The molecule has 3 rings (SSSR count). The molecule has 0 spiro atoms. The molecular weight excluding hydrogens is 258 g/mol. The minimum atomic E-state index is 0.888. The van der Waals surface area contributed by atoms with Crippen LogP contribution in [0.4, 0.5) is 5.69 Å². The Morgan fingerprint density at radius 3 is 2.29 bits per heavy atom. The molecule has 3 aromatic rings. The maximum Gasteiger partial charge on any atom is 0.0907 e. The van der Waals surface area contributed by atoms with E-state index >= 15 is 0 Å². The van der Waals surface area contributed by atoms with Crippen LogP contribution in [-0.4, -0.2) is 24.1 Å². The molecule has 0 N–H and O–H groups in total. The van der Waals surface area contributed by atoms with Crippen LogP contribution in [0.2, 0.25) is 0 Å². The van der Waals surface area contributed by atoms with Crippen LogP contribution in [0.15, 0.2) is 66.9 Å². The van der Waals surface area contributed by atoms with Gasteiger partial charge in [0.15, 0.2) is 0 Å². The Morgan fingerprint density at radius 2 is 1.52 bits per heavy atom. The third-order valence-electron chi connectivity index (χ3n) is 3.34. The molecular formula is C18H17N3. The molecule has 2 heterocycles. The summed E-state index contributed by atoms with van der Waals surface area (Å²) < 4.78 is 0. The Morgan fingerprint density at radius 1 is 0.762 bits per heavy atom. The molecule has 21 heavy (non-hydrogen) atoms. The number of pyridine rings is 2. The number of benzene rings is 1. The fourth-order valence-electron chi connectivity index (χ4n) is 2.18. The smallest absolute Gasteiger partial charge is 0.0907 e. The second kappa shape index (κ2) is 5.75. The first kappa shape index (κ1) is 13.3. The van der Waals surface area contributed by atoms with E-state index in [0.717, 1.165) is 28.3 Å². The molecule has 0 atom stereocenters. The van der Waals surface area contributed by atoms with Crippen LogP contribution >= 0.6 is 0 Å². The molecule has 0 unspecified atom stereocenters. The van der Waals surface area contributed by atoms with Gasteiger partial charge in [-0.1, -0.05) is 36.4 Å². The summed E-state index contributed by atoms with van der Waals surface area (Å²) >= 11 is 0. The summed E-state index contributed by atoms with van der Waals surface area (Å²) in [6.07, 6.45) is 1.82. The van der Waals surface area contributed by atoms with Crippen molar-refractivity contribution in [3.63, 3.8) is 0 Å². The SMILES string of the molecule is CN(C)c1ccnc(-c2cccc(-c3ccccc3)n2)c1. The number of aromatic nitrogens is 2. The minimum Gasteiger partial charge on any atom is -0.378 e. The lowest BCUT2D eigenvalue weighted by atomic mass is 10.1. The summed E-state index contributed by atoms with van der Waals surface area (Å²) in [7, 11) is 4.04. The van der Waals surface area contributed by atoms with Crippen LogP contribution in [0.25, 0.3) is 22.6 Å². The van der Waals surface area contributed by atoms with E-state index in [-0.39, 0.29) is 0 Å². The van der Waals surface area contributed by atoms with Crippen molar-refractivity contribution in [2.75, 3.05) is 19.0 Å². The fourth-order valence-corrected chi connectivity index (χ4v) is 2.18. The van der Waals surface area contributed by atoms with Crippen LogP contribution in [0.3, 0.4) is 0 Å². The largest absolute Gasteiger partial charge is 0.378 e. The molecule has 3 heteroatoms. The standard InChI is InChI=1S/C18H17N3/c1-21(2)15-11-12-19-18(13-15)17-10-6-9-16(20-17)14-7-4-3-5-8-14/h3-13H,1-2H3. The lowest BCUT2D eigenvalue weighted by Gasteiger charge is -2.13. The summed E-state index contributed by atoms with van der Waals surface area (Å²) in [5, 5.41) is 0. The highest BCUT2D eigenvalue weighted by molar-refractivity contribution is 5.66. The van der Waals surface area contributed by atoms with E-state index in [0.29, 0.717) is 0 Å². The third kappa shape index (κ3) is 2.92. The summed E-state index contributed by atoms with van der Waals surface area (Å²) in [5.41, 5.74) is 4.97. The fraction of sp³-hybridized carbons (Fsp3) is 0.111. The minimum absolute atomic E-state index is 0.888. The first-order valence-corrected chi connectivity index (χ1v) is 6.90. The van der Waals surface area contributed by atoms with Crippen LogP contribution < -0.4 is 4.90 Å². The first-order valence-electron chi connectivity index (χ1n) is 6.90. The van der Waals surface area contributed by atoms with Gasteiger partial charge in [-0.25, -0.2) is 4.98 Å². The quantitative estimate of drug-likeness (QED) is 0.726. The van der Waals surface area contributed by atoms with E-state index in [2.05, 4.69) is 28.1 Å². The van der Waals surface area contributed by atoms with Gasteiger partial charge >= 0.3 is 0 Å². The molecule has 0 aliphatic heterocycles. The van der Waals surface area contributed by atoms with Crippen molar-refractivity contribution in [1.82, 2.24) is 9.97 Å². The second-order valence-electron chi connectivity index (χ2n) is 5.07. The number of anilines is 1. The summed E-state index contributed by atoms with van der Waals surface area (Å²) in [5.74, 6) is 0. The average molecular weight is 275 g/mol. The van der Waals surface area contributed by atoms with Gasteiger partial charge in [0, 0.05) is 31.5 Å². The zero-order chi connectivity index (χ0) is 14.7. The zero-order valence-electron chi connectivity index (χ0n) is 12.2. The normalized spacial score (nSPS) is 10.4. The van der Waals surface area contributed by atoms with Gasteiger partial charge in [0.05, 0.1) is 17.1 Å². The molecule has 0 aliphatic carbocycles. The Labute approximate surface area is 124 Å². The maximum atomic E-state index is 4.73. The molecule has 0 aliphatic rings. The van der Waals surface area contributed by atoms with E-state index in [1.807, 2.05) is 62.8 Å². The molecule has 0 amide bonds. The summed E-state index contributed by atoms with van der Waals surface area (Å²) in [4.78, 5) is 11.2. The molecule has 0 saturated carbocycles. The lowest BCUT2D eigenvalue weighted by molar-refractivity contribution is 1.12. The predicted molar refractivity (Wildman–Crippen MR) is 87.2 cm³/mol. The molecule has 0 fully saturated rings. The maximum absolute atomic E-state index is 4.73. The zero-order valence-corrected chi connectivity index (χ0v) is 12.2. The first-order chi connectivity index (χ1) is 10.2. The van der Waals surface area contributed by atoms with Gasteiger partial charge in [-0.2, -0.15) is 0 Å². The van der Waals surface area contributed by atoms with Crippen molar-refractivity contribution in [3.8, 4) is 22.6 Å². The molecule has 0 saturated heterocycles. The van der Waals surface area contributed by atoms with Crippen LogP contribution in [0.1, 0.15) is 0 Å². The Hall–Kier alpha value is -2.68. The molecule has 3 nitrogen and oxygen atoms in total. The van der Waals surface area contributed by atoms with Crippen LogP contribution in [-0.2, 0) is 0 Å². The Bertz CT molecular complexity index is 736. The number of nitrogens with zero attached hydrogens (tertiary/aromatic N) is 3. The molecule has 0 radical (unpaired) electrons. The highest BCUT2D eigenvalue weighted by Gasteiger charge is 2.05. The van der Waals surface area contributed by atoms with Gasteiger partial charge < -0.3 is 4.90 Å². The molecule has 104 valence electrons. The highest BCUT2D eigenvalue weighted by atomic mass is 15.1. The highest BCUT2D eigenvalue weighted by Crippen LogP contribution is 2.23. The van der Waals surface area contributed by atoms with Crippen molar-refractivity contribution in [2.45, 2.75) is 0 Å². The van der Waals surface area contributed by atoms with Gasteiger partial charge in [0.25, 0.3) is 0 Å². The van der Waals surface area contributed by atoms with Gasteiger partial charge in [0.1, 0.15) is 0 Å². The Kier molecular flexibility index (Phi) is 3.65. The van der Waals surface area contributed by atoms with E-state index in [9.17, 15) is 0 Å².